The molecule has 0 amide bonds. The second-order valence-electron chi connectivity index (χ2n) is 7.73. The van der Waals surface area contributed by atoms with Crippen LogP contribution >= 0.6 is 31.9 Å². The molecule has 0 aliphatic heterocycles. The molecule has 0 saturated heterocycles. The van der Waals surface area contributed by atoms with E-state index in [4.69, 9.17) is 9.97 Å². The number of pyridine rings is 2. The highest BCUT2D eigenvalue weighted by molar-refractivity contribution is 9.10. The third-order valence-corrected chi connectivity index (χ3v) is 6.75. The number of nitrogens with zero attached hydrogens (tertiary/aromatic N) is 2. The highest BCUT2D eigenvalue weighted by Crippen LogP contribution is 2.47. The van der Waals surface area contributed by atoms with Crippen LogP contribution in [0, 0.1) is 0 Å². The maximum atomic E-state index is 4.73. The molecule has 0 bridgehead atoms. The van der Waals surface area contributed by atoms with Gasteiger partial charge in [0.05, 0.1) is 11.4 Å². The fraction of sp³-hybridized carbons (Fsp3) is 0. The Balaban J connectivity index is 1.62. The maximum absolute atomic E-state index is 4.73. The highest BCUT2D eigenvalue weighted by atomic mass is 79.9. The average molecular weight is 540 g/mol. The van der Waals surface area contributed by atoms with Crippen LogP contribution in [0.25, 0.3) is 22.3 Å². The van der Waals surface area contributed by atoms with E-state index in [0.29, 0.717) is 0 Å². The molecule has 2 aliphatic rings. The standard InChI is InChI=1S/C28H16Br2N2/c29-27-13-5-11-25(31-27)23-15-21(17-7-1-3-9-19(17)23)22-16-24(20-10-4-2-8-18(20)22)26-12-6-14-28(30)32-26/h1-16H/b22-21+. The highest BCUT2D eigenvalue weighted by Gasteiger charge is 2.27. The molecule has 152 valence electrons. The summed E-state index contributed by atoms with van der Waals surface area (Å²) in [5.41, 5.74) is 11.5. The zero-order valence-corrected chi connectivity index (χ0v) is 20.1. The van der Waals surface area contributed by atoms with Crippen molar-refractivity contribution in [3.8, 4) is 0 Å². The Kier molecular flexibility index (Phi) is 4.78. The lowest BCUT2D eigenvalue weighted by Gasteiger charge is -2.08. The predicted molar refractivity (Wildman–Crippen MR) is 138 cm³/mol. The van der Waals surface area contributed by atoms with Crippen molar-refractivity contribution in [3.05, 3.63) is 140 Å². The fourth-order valence-electron chi connectivity index (χ4n) is 4.49. The van der Waals surface area contributed by atoms with Gasteiger partial charge in [-0.15, -0.1) is 0 Å². The largest absolute Gasteiger partial charge is 0.241 e. The van der Waals surface area contributed by atoms with Crippen LogP contribution in [0.2, 0.25) is 0 Å². The number of hydrogen-bond donors (Lipinski definition) is 0. The van der Waals surface area contributed by atoms with Gasteiger partial charge in [0.2, 0.25) is 0 Å². The van der Waals surface area contributed by atoms with Crippen molar-refractivity contribution >= 4 is 54.2 Å². The van der Waals surface area contributed by atoms with E-state index in [1.165, 1.54) is 33.4 Å². The van der Waals surface area contributed by atoms with Crippen molar-refractivity contribution in [2.45, 2.75) is 0 Å². The van der Waals surface area contributed by atoms with Gasteiger partial charge in [0.1, 0.15) is 9.21 Å². The number of hydrogen-bond acceptors (Lipinski definition) is 2. The lowest BCUT2D eigenvalue weighted by molar-refractivity contribution is 1.23. The van der Waals surface area contributed by atoms with Gasteiger partial charge in [-0.2, -0.15) is 0 Å². The summed E-state index contributed by atoms with van der Waals surface area (Å²) in [5.74, 6) is 0. The molecule has 0 N–H and O–H groups in total. The zero-order chi connectivity index (χ0) is 21.7. The molecule has 4 aromatic rings. The number of aromatic nitrogens is 2. The summed E-state index contributed by atoms with van der Waals surface area (Å²) in [5, 5.41) is 0. The van der Waals surface area contributed by atoms with Gasteiger partial charge in [-0.3, -0.25) is 0 Å². The Morgan fingerprint density at radius 3 is 1.25 bits per heavy atom. The van der Waals surface area contributed by atoms with Crippen molar-refractivity contribution in [1.82, 2.24) is 9.97 Å². The lowest BCUT2D eigenvalue weighted by Crippen LogP contribution is -1.91. The van der Waals surface area contributed by atoms with Gasteiger partial charge in [-0.05, 0) is 102 Å². The van der Waals surface area contributed by atoms with E-state index in [-0.39, 0.29) is 0 Å². The monoisotopic (exact) mass is 538 g/mol. The molecule has 2 nitrogen and oxygen atoms in total. The van der Waals surface area contributed by atoms with Crippen LogP contribution < -0.4 is 0 Å². The van der Waals surface area contributed by atoms with Crippen LogP contribution in [-0.4, -0.2) is 9.97 Å². The first-order valence-electron chi connectivity index (χ1n) is 10.3. The molecule has 0 spiro atoms. The van der Waals surface area contributed by atoms with Crippen molar-refractivity contribution in [3.63, 3.8) is 0 Å². The molecule has 0 saturated carbocycles. The topological polar surface area (TPSA) is 25.8 Å². The molecular formula is C28H16Br2N2. The third kappa shape index (κ3) is 3.22. The first-order chi connectivity index (χ1) is 15.7. The van der Waals surface area contributed by atoms with Gasteiger partial charge >= 0.3 is 0 Å². The van der Waals surface area contributed by atoms with E-state index in [1.807, 2.05) is 24.3 Å². The minimum absolute atomic E-state index is 0.837. The minimum Gasteiger partial charge on any atom is -0.241 e. The quantitative estimate of drug-likeness (QED) is 0.243. The van der Waals surface area contributed by atoms with Crippen molar-refractivity contribution in [2.75, 3.05) is 0 Å². The van der Waals surface area contributed by atoms with Crippen LogP contribution in [0.4, 0.5) is 0 Å². The van der Waals surface area contributed by atoms with Gasteiger partial charge in [0.25, 0.3) is 0 Å². The van der Waals surface area contributed by atoms with Crippen molar-refractivity contribution < 1.29 is 0 Å². The fourth-order valence-corrected chi connectivity index (χ4v) is 5.18. The minimum atomic E-state index is 0.837. The Morgan fingerprint density at radius 2 is 0.844 bits per heavy atom. The van der Waals surface area contributed by atoms with E-state index >= 15 is 0 Å². The van der Waals surface area contributed by atoms with Gasteiger partial charge in [0, 0.05) is 11.1 Å². The molecule has 0 radical (unpaired) electrons. The number of rotatable bonds is 2. The maximum Gasteiger partial charge on any atom is 0.106 e. The number of allylic oxidation sites excluding steroid dienone is 4. The third-order valence-electron chi connectivity index (χ3n) is 5.86. The van der Waals surface area contributed by atoms with Gasteiger partial charge < -0.3 is 0 Å². The summed E-state index contributed by atoms with van der Waals surface area (Å²) in [6.07, 6.45) is 4.55. The summed E-state index contributed by atoms with van der Waals surface area (Å²) in [7, 11) is 0. The summed E-state index contributed by atoms with van der Waals surface area (Å²) < 4.78 is 1.67. The molecule has 2 heterocycles. The second-order valence-corrected chi connectivity index (χ2v) is 9.35. The van der Waals surface area contributed by atoms with E-state index in [2.05, 4.69) is 105 Å². The zero-order valence-electron chi connectivity index (χ0n) is 16.9. The summed E-state index contributed by atoms with van der Waals surface area (Å²) >= 11 is 7.04. The molecule has 6 rings (SSSR count). The van der Waals surface area contributed by atoms with Crippen molar-refractivity contribution in [1.29, 1.82) is 0 Å². The van der Waals surface area contributed by atoms with E-state index in [0.717, 1.165) is 31.7 Å². The number of fused-ring (bicyclic) bond motifs is 2. The SMILES string of the molecule is Brc1cccc(C2=C/C(=C3/C=C(c4cccc(Br)n4)c4ccccc43)c3ccccc32)n1. The molecule has 2 aromatic carbocycles. The average Bonchev–Trinajstić information content (AvgIpc) is 3.38. The van der Waals surface area contributed by atoms with Crippen LogP contribution in [0.5, 0.6) is 0 Å². The lowest BCUT2D eigenvalue weighted by atomic mass is 9.96. The molecule has 2 aliphatic carbocycles. The normalized spacial score (nSPS) is 16.4. The first kappa shape index (κ1) is 19.6. The second kappa shape index (κ2) is 7.80. The molecule has 0 fully saturated rings. The van der Waals surface area contributed by atoms with Gasteiger partial charge in [-0.25, -0.2) is 9.97 Å². The Labute approximate surface area is 203 Å². The van der Waals surface area contributed by atoms with Crippen LogP contribution in [0.1, 0.15) is 33.6 Å². The molecule has 2 aromatic heterocycles. The summed E-state index contributed by atoms with van der Waals surface area (Å²) in [6, 6.07) is 29.2. The molecule has 0 atom stereocenters. The molecule has 0 unspecified atom stereocenters. The number of benzene rings is 2. The van der Waals surface area contributed by atoms with E-state index in [9.17, 15) is 0 Å². The number of halogens is 2. The van der Waals surface area contributed by atoms with Crippen LogP contribution in [0.3, 0.4) is 0 Å². The van der Waals surface area contributed by atoms with Gasteiger partial charge in [0.15, 0.2) is 0 Å². The van der Waals surface area contributed by atoms with Crippen molar-refractivity contribution in [2.24, 2.45) is 0 Å². The Bertz CT molecular complexity index is 1380. The predicted octanol–water partition coefficient (Wildman–Crippen LogP) is 7.80. The molecule has 4 heteroatoms. The smallest absolute Gasteiger partial charge is 0.106 e. The molecular weight excluding hydrogens is 524 g/mol. The van der Waals surface area contributed by atoms with E-state index < -0.39 is 0 Å². The Hall–Kier alpha value is -3.08. The first-order valence-corrected chi connectivity index (χ1v) is 11.9. The van der Waals surface area contributed by atoms with Gasteiger partial charge in [-0.1, -0.05) is 60.7 Å². The van der Waals surface area contributed by atoms with E-state index in [1.54, 1.807) is 0 Å². The van der Waals surface area contributed by atoms with Crippen LogP contribution in [-0.2, 0) is 0 Å². The summed E-state index contributed by atoms with van der Waals surface area (Å²) in [4.78, 5) is 9.45. The van der Waals surface area contributed by atoms with Crippen LogP contribution in [0.15, 0.2) is 106 Å². The Morgan fingerprint density at radius 1 is 0.438 bits per heavy atom. The summed E-state index contributed by atoms with van der Waals surface area (Å²) in [6.45, 7) is 0. The molecule has 32 heavy (non-hydrogen) atoms.